The van der Waals surface area contributed by atoms with Crippen LogP contribution in [-0.2, 0) is 10.5 Å². The van der Waals surface area contributed by atoms with Crippen LogP contribution in [0.5, 0.6) is 0 Å². The molecule has 1 aliphatic heterocycles. The molecule has 0 unspecified atom stereocenters. The number of rotatable bonds is 6. The molecule has 0 bridgehead atoms. The topological polar surface area (TPSA) is 80.2 Å². The van der Waals surface area contributed by atoms with E-state index in [9.17, 15) is 4.79 Å². The number of benzene rings is 1. The highest BCUT2D eigenvalue weighted by atomic mass is 32.2. The van der Waals surface area contributed by atoms with E-state index in [0.29, 0.717) is 5.56 Å². The maximum absolute atomic E-state index is 10.1. The predicted octanol–water partition coefficient (Wildman–Crippen LogP) is 4.09. The summed E-state index contributed by atoms with van der Waals surface area (Å²) in [6.07, 6.45) is 4.44. The number of aldehydes is 1. The van der Waals surface area contributed by atoms with Crippen LogP contribution >= 0.6 is 11.8 Å². The van der Waals surface area contributed by atoms with E-state index in [1.807, 2.05) is 32.2 Å². The quantitative estimate of drug-likeness (QED) is 0.562. The fourth-order valence-corrected chi connectivity index (χ4v) is 3.57. The van der Waals surface area contributed by atoms with Crippen molar-refractivity contribution in [2.75, 3.05) is 49.8 Å². The van der Waals surface area contributed by atoms with Crippen molar-refractivity contribution in [3.63, 3.8) is 0 Å². The minimum atomic E-state index is 0.626. The molecule has 0 saturated carbocycles. The van der Waals surface area contributed by atoms with Gasteiger partial charge in [-0.25, -0.2) is 9.97 Å². The van der Waals surface area contributed by atoms with E-state index in [2.05, 4.69) is 39.7 Å². The Labute approximate surface area is 193 Å². The van der Waals surface area contributed by atoms with Crippen molar-refractivity contribution in [3.8, 4) is 11.4 Å². The second kappa shape index (κ2) is 12.2. The Bertz CT molecular complexity index is 990. The Balaban J connectivity index is 0.000000269. The minimum Gasteiger partial charge on any atom is -0.388 e. The van der Waals surface area contributed by atoms with Crippen LogP contribution in [0.25, 0.3) is 11.4 Å². The number of nitrogens with one attached hydrogen (secondary N) is 1. The van der Waals surface area contributed by atoms with Crippen molar-refractivity contribution in [1.29, 1.82) is 0 Å². The van der Waals surface area contributed by atoms with Crippen LogP contribution in [0.3, 0.4) is 0 Å². The van der Waals surface area contributed by atoms with Gasteiger partial charge in [-0.2, -0.15) is 11.8 Å². The van der Waals surface area contributed by atoms with Crippen LogP contribution in [0.15, 0.2) is 48.7 Å². The standard InChI is InChI=1S/C17H22N4OS.C7H7NO/c1-18-14-5-3-13(4-6-14)17-19-15(12-23-2)11-16(20-17)21-7-9-22-10-8-21;1-6-2-3-7(5-9)4-8-6/h3-6,11,18H,7-10,12H2,1-2H3;2-5H,1H3. The maximum Gasteiger partial charge on any atom is 0.161 e. The van der Waals surface area contributed by atoms with Gasteiger partial charge >= 0.3 is 0 Å². The van der Waals surface area contributed by atoms with Gasteiger partial charge in [0.1, 0.15) is 5.82 Å². The number of thioether (sulfide) groups is 1. The molecule has 2 aromatic heterocycles. The van der Waals surface area contributed by atoms with Gasteiger partial charge in [0.05, 0.1) is 18.9 Å². The molecule has 1 aromatic carbocycles. The second-order valence-electron chi connectivity index (χ2n) is 7.25. The zero-order chi connectivity index (χ0) is 22.8. The van der Waals surface area contributed by atoms with Crippen LogP contribution in [0, 0.1) is 6.92 Å². The molecule has 8 heteroatoms. The normalized spacial score (nSPS) is 13.2. The number of anilines is 2. The average Bonchev–Trinajstić information content (AvgIpc) is 2.85. The number of hydrogen-bond acceptors (Lipinski definition) is 8. The van der Waals surface area contributed by atoms with E-state index in [1.54, 1.807) is 24.0 Å². The van der Waals surface area contributed by atoms with E-state index in [-0.39, 0.29) is 0 Å². The van der Waals surface area contributed by atoms with Crippen LogP contribution in [-0.4, -0.2) is 60.8 Å². The first kappa shape index (κ1) is 23.7. The van der Waals surface area contributed by atoms with Gasteiger partial charge in [0.25, 0.3) is 0 Å². The van der Waals surface area contributed by atoms with Crippen LogP contribution < -0.4 is 10.2 Å². The molecule has 3 heterocycles. The number of nitrogens with zero attached hydrogens (tertiary/aromatic N) is 4. The number of aromatic nitrogens is 3. The molecule has 32 heavy (non-hydrogen) atoms. The van der Waals surface area contributed by atoms with E-state index in [0.717, 1.165) is 72.6 Å². The first-order valence-electron chi connectivity index (χ1n) is 10.5. The van der Waals surface area contributed by atoms with E-state index < -0.39 is 0 Å². The SMILES string of the molecule is CNc1ccc(-c2nc(CSC)cc(N3CCOCC3)n2)cc1.Cc1ccc(C=O)cn1. The zero-order valence-electron chi connectivity index (χ0n) is 18.7. The zero-order valence-corrected chi connectivity index (χ0v) is 19.6. The molecule has 0 amide bonds. The van der Waals surface area contributed by atoms with Gasteiger partial charge in [0, 0.05) is 60.7 Å². The van der Waals surface area contributed by atoms with Gasteiger partial charge in [-0.1, -0.05) is 0 Å². The summed E-state index contributed by atoms with van der Waals surface area (Å²) >= 11 is 1.78. The molecule has 0 spiro atoms. The minimum absolute atomic E-state index is 0.626. The first-order chi connectivity index (χ1) is 15.6. The van der Waals surface area contributed by atoms with Gasteiger partial charge in [0.15, 0.2) is 12.1 Å². The third kappa shape index (κ3) is 6.77. The summed E-state index contributed by atoms with van der Waals surface area (Å²) in [7, 11) is 1.92. The van der Waals surface area contributed by atoms with Crippen LogP contribution in [0.1, 0.15) is 21.7 Å². The molecule has 1 N–H and O–H groups in total. The Morgan fingerprint density at radius 3 is 2.47 bits per heavy atom. The number of carbonyl (C=O) groups excluding carboxylic acids is 1. The fourth-order valence-electron chi connectivity index (χ4n) is 3.12. The lowest BCUT2D eigenvalue weighted by atomic mass is 10.2. The lowest BCUT2D eigenvalue weighted by Gasteiger charge is -2.28. The van der Waals surface area contributed by atoms with Crippen molar-refractivity contribution in [3.05, 3.63) is 65.6 Å². The number of pyridine rings is 1. The molecular formula is C24H29N5O2S. The Kier molecular flexibility index (Phi) is 9.01. The summed E-state index contributed by atoms with van der Waals surface area (Å²) < 4.78 is 5.44. The third-order valence-corrected chi connectivity index (χ3v) is 5.48. The number of aryl methyl sites for hydroxylation is 1. The molecule has 1 saturated heterocycles. The molecule has 0 aliphatic carbocycles. The van der Waals surface area contributed by atoms with Gasteiger partial charge in [0.2, 0.25) is 0 Å². The smallest absolute Gasteiger partial charge is 0.161 e. The van der Waals surface area contributed by atoms with E-state index in [1.165, 1.54) is 0 Å². The van der Waals surface area contributed by atoms with Gasteiger partial charge in [-0.3, -0.25) is 9.78 Å². The number of carbonyl (C=O) groups is 1. The van der Waals surface area contributed by atoms with Crippen molar-refractivity contribution in [2.45, 2.75) is 12.7 Å². The van der Waals surface area contributed by atoms with Gasteiger partial charge in [-0.15, -0.1) is 0 Å². The second-order valence-corrected chi connectivity index (χ2v) is 8.12. The molecule has 1 fully saturated rings. The Morgan fingerprint density at radius 1 is 1.12 bits per heavy atom. The average molecular weight is 452 g/mol. The van der Waals surface area contributed by atoms with Crippen LogP contribution in [0.4, 0.5) is 11.5 Å². The highest BCUT2D eigenvalue weighted by Crippen LogP contribution is 2.23. The molecule has 3 aromatic rings. The molecule has 168 valence electrons. The Morgan fingerprint density at radius 2 is 1.88 bits per heavy atom. The molecule has 0 atom stereocenters. The first-order valence-corrected chi connectivity index (χ1v) is 11.9. The summed E-state index contributed by atoms with van der Waals surface area (Å²) in [5.74, 6) is 2.68. The molecule has 7 nitrogen and oxygen atoms in total. The van der Waals surface area contributed by atoms with Crippen molar-refractivity contribution < 1.29 is 9.53 Å². The summed E-state index contributed by atoms with van der Waals surface area (Å²) in [5, 5.41) is 3.13. The number of hydrogen-bond donors (Lipinski definition) is 1. The number of ether oxygens (including phenoxy) is 1. The highest BCUT2D eigenvalue weighted by Gasteiger charge is 2.15. The van der Waals surface area contributed by atoms with Crippen LogP contribution in [0.2, 0.25) is 0 Å². The number of morpholine rings is 1. The maximum atomic E-state index is 10.1. The largest absolute Gasteiger partial charge is 0.388 e. The van der Waals surface area contributed by atoms with Crippen molar-refractivity contribution >= 4 is 29.6 Å². The Hall–Kier alpha value is -2.97. The molecule has 4 rings (SSSR count). The summed E-state index contributed by atoms with van der Waals surface area (Å²) in [6, 6.07) is 13.9. The summed E-state index contributed by atoms with van der Waals surface area (Å²) in [4.78, 5) is 25.8. The van der Waals surface area contributed by atoms with Crippen molar-refractivity contribution in [1.82, 2.24) is 15.0 Å². The van der Waals surface area contributed by atoms with Gasteiger partial charge in [-0.05, 0) is 49.6 Å². The third-order valence-electron chi connectivity index (χ3n) is 4.90. The van der Waals surface area contributed by atoms with Crippen molar-refractivity contribution in [2.24, 2.45) is 0 Å². The molecule has 1 aliphatic rings. The highest BCUT2D eigenvalue weighted by molar-refractivity contribution is 7.97. The fraction of sp³-hybridized carbons (Fsp3) is 0.333. The monoisotopic (exact) mass is 451 g/mol. The summed E-state index contributed by atoms with van der Waals surface area (Å²) in [6.45, 7) is 5.17. The summed E-state index contributed by atoms with van der Waals surface area (Å²) in [5.41, 5.74) is 4.76. The lowest BCUT2D eigenvalue weighted by Crippen LogP contribution is -2.37. The predicted molar refractivity (Wildman–Crippen MR) is 132 cm³/mol. The van der Waals surface area contributed by atoms with E-state index >= 15 is 0 Å². The van der Waals surface area contributed by atoms with Gasteiger partial charge < -0.3 is 15.0 Å². The lowest BCUT2D eigenvalue weighted by molar-refractivity contribution is 0.112. The molecule has 0 radical (unpaired) electrons. The van der Waals surface area contributed by atoms with E-state index in [4.69, 9.17) is 14.7 Å². The molecular weight excluding hydrogens is 422 g/mol.